The van der Waals surface area contributed by atoms with E-state index in [1.807, 2.05) is 31.2 Å². The lowest BCUT2D eigenvalue weighted by Gasteiger charge is -2.20. The maximum absolute atomic E-state index is 9.65. The second-order valence-corrected chi connectivity index (χ2v) is 3.84. The van der Waals surface area contributed by atoms with Gasteiger partial charge in [0.05, 0.1) is 0 Å². The largest absolute Gasteiger partial charge is 0.362 e. The summed E-state index contributed by atoms with van der Waals surface area (Å²) in [7, 11) is 0. The van der Waals surface area contributed by atoms with Crippen molar-refractivity contribution < 1.29 is 10.2 Å². The average molecular weight is 216 g/mol. The van der Waals surface area contributed by atoms with E-state index in [1.165, 1.54) is 6.92 Å². The van der Waals surface area contributed by atoms with Gasteiger partial charge in [0.15, 0.2) is 5.79 Å². The number of hydrogen-bond acceptors (Lipinski definition) is 2. The van der Waals surface area contributed by atoms with E-state index < -0.39 is 5.79 Å². The van der Waals surface area contributed by atoms with Crippen molar-refractivity contribution in [2.45, 2.75) is 19.6 Å². The molecule has 16 heavy (non-hydrogen) atoms. The molecule has 0 aliphatic heterocycles. The van der Waals surface area contributed by atoms with Gasteiger partial charge in [0.2, 0.25) is 0 Å². The molecule has 2 N–H and O–H groups in total. The molecule has 0 spiro atoms. The summed E-state index contributed by atoms with van der Waals surface area (Å²) in [5, 5.41) is 19.3. The van der Waals surface area contributed by atoms with Crippen LogP contribution in [0.1, 0.15) is 18.1 Å². The van der Waals surface area contributed by atoms with Gasteiger partial charge in [-0.3, -0.25) is 0 Å². The van der Waals surface area contributed by atoms with Crippen LogP contribution in [0.15, 0.2) is 48.7 Å². The third-order valence-electron chi connectivity index (χ3n) is 2.24. The predicted molar refractivity (Wildman–Crippen MR) is 65.7 cm³/mol. The van der Waals surface area contributed by atoms with Crippen LogP contribution >= 0.6 is 0 Å². The number of benzene rings is 1. The first-order valence-corrected chi connectivity index (χ1v) is 5.03. The molecular weight excluding hydrogens is 200 g/mol. The first-order valence-electron chi connectivity index (χ1n) is 5.03. The van der Waals surface area contributed by atoms with Crippen LogP contribution < -0.4 is 0 Å². The Morgan fingerprint density at radius 3 is 2.31 bits per heavy atom. The molecule has 1 rings (SSSR count). The average Bonchev–Trinajstić information content (AvgIpc) is 2.19. The van der Waals surface area contributed by atoms with Crippen LogP contribution in [0.4, 0.5) is 0 Å². The second-order valence-electron chi connectivity index (χ2n) is 3.84. The first-order chi connectivity index (χ1) is 7.45. The Balaban J connectivity index is 3.22. The van der Waals surface area contributed by atoms with Gasteiger partial charge in [0, 0.05) is 5.57 Å². The minimum atomic E-state index is -1.87. The van der Waals surface area contributed by atoms with Gasteiger partial charge in [-0.05, 0) is 31.6 Å². The summed E-state index contributed by atoms with van der Waals surface area (Å²) in [5.74, 6) is -1.87. The molecule has 0 radical (unpaired) electrons. The smallest absolute Gasteiger partial charge is 0.187 e. The SMILES string of the molecule is C=C=C/C=C(/c1ccc(C)cc1)C(C)(O)O. The van der Waals surface area contributed by atoms with Crippen LogP contribution in [0.25, 0.3) is 5.57 Å². The van der Waals surface area contributed by atoms with Crippen molar-refractivity contribution in [3.8, 4) is 0 Å². The molecule has 0 saturated heterocycles. The van der Waals surface area contributed by atoms with Gasteiger partial charge in [-0.1, -0.05) is 36.4 Å². The summed E-state index contributed by atoms with van der Waals surface area (Å²) in [6.45, 7) is 6.74. The zero-order chi connectivity index (χ0) is 12.2. The molecule has 0 atom stereocenters. The fourth-order valence-electron chi connectivity index (χ4n) is 1.40. The molecule has 2 heteroatoms. The third-order valence-corrected chi connectivity index (χ3v) is 2.24. The standard InChI is InChI=1S/C14H16O2/c1-4-5-6-13(14(3,15)16)12-9-7-11(2)8-10-12/h5-10,15-16H,1H2,2-3H3/b13-6-. The van der Waals surface area contributed by atoms with E-state index in [1.54, 1.807) is 12.2 Å². The van der Waals surface area contributed by atoms with Gasteiger partial charge in [-0.2, -0.15) is 0 Å². The minimum Gasteiger partial charge on any atom is -0.362 e. The van der Waals surface area contributed by atoms with Gasteiger partial charge < -0.3 is 10.2 Å². The molecule has 0 aliphatic carbocycles. The minimum absolute atomic E-state index is 0.420. The Labute approximate surface area is 95.9 Å². The van der Waals surface area contributed by atoms with Gasteiger partial charge in [0.25, 0.3) is 0 Å². The van der Waals surface area contributed by atoms with E-state index in [4.69, 9.17) is 0 Å². The van der Waals surface area contributed by atoms with E-state index in [0.29, 0.717) is 5.57 Å². The summed E-state index contributed by atoms with van der Waals surface area (Å²) < 4.78 is 0. The zero-order valence-corrected chi connectivity index (χ0v) is 9.57. The quantitative estimate of drug-likeness (QED) is 0.463. The molecule has 0 amide bonds. The van der Waals surface area contributed by atoms with Crippen molar-refractivity contribution in [1.82, 2.24) is 0 Å². The zero-order valence-electron chi connectivity index (χ0n) is 9.57. The normalized spacial score (nSPS) is 12.1. The molecule has 84 valence electrons. The van der Waals surface area contributed by atoms with Gasteiger partial charge in [0.1, 0.15) is 0 Å². The number of aliphatic hydroxyl groups is 2. The molecule has 1 aromatic rings. The van der Waals surface area contributed by atoms with Crippen LogP contribution in [0.5, 0.6) is 0 Å². The van der Waals surface area contributed by atoms with E-state index in [9.17, 15) is 10.2 Å². The highest BCUT2D eigenvalue weighted by Crippen LogP contribution is 2.25. The molecule has 0 heterocycles. The second kappa shape index (κ2) is 4.95. The summed E-state index contributed by atoms with van der Waals surface area (Å²) >= 11 is 0. The molecule has 0 fully saturated rings. The van der Waals surface area contributed by atoms with Gasteiger partial charge in [-0.15, -0.1) is 5.73 Å². The van der Waals surface area contributed by atoms with Crippen molar-refractivity contribution in [1.29, 1.82) is 0 Å². The summed E-state index contributed by atoms with van der Waals surface area (Å²) in [6, 6.07) is 7.55. The van der Waals surface area contributed by atoms with Crippen molar-refractivity contribution in [2.75, 3.05) is 0 Å². The van der Waals surface area contributed by atoms with E-state index in [0.717, 1.165) is 11.1 Å². The van der Waals surface area contributed by atoms with E-state index in [2.05, 4.69) is 12.3 Å². The van der Waals surface area contributed by atoms with Gasteiger partial charge in [-0.25, -0.2) is 0 Å². The maximum Gasteiger partial charge on any atom is 0.187 e. The number of rotatable bonds is 3. The number of hydrogen-bond donors (Lipinski definition) is 2. The monoisotopic (exact) mass is 216 g/mol. The molecule has 0 aromatic heterocycles. The van der Waals surface area contributed by atoms with E-state index >= 15 is 0 Å². The third kappa shape index (κ3) is 3.21. The summed E-state index contributed by atoms with van der Waals surface area (Å²) in [6.07, 6.45) is 3.15. The lowest BCUT2D eigenvalue weighted by Crippen LogP contribution is -2.24. The predicted octanol–water partition coefficient (Wildman–Crippen LogP) is 2.42. The van der Waals surface area contributed by atoms with Crippen molar-refractivity contribution >= 4 is 5.57 Å². The number of aryl methyl sites for hydroxylation is 1. The Morgan fingerprint density at radius 2 is 1.88 bits per heavy atom. The number of allylic oxidation sites excluding steroid dienone is 2. The molecule has 0 saturated carbocycles. The van der Waals surface area contributed by atoms with Crippen LogP contribution in [-0.2, 0) is 0 Å². The Kier molecular flexibility index (Phi) is 3.86. The lowest BCUT2D eigenvalue weighted by atomic mass is 9.97. The van der Waals surface area contributed by atoms with Crippen LogP contribution in [-0.4, -0.2) is 16.0 Å². The Hall–Kier alpha value is -1.60. The fourth-order valence-corrected chi connectivity index (χ4v) is 1.40. The fraction of sp³-hybridized carbons (Fsp3) is 0.214. The Bertz CT molecular complexity index is 427. The van der Waals surface area contributed by atoms with Crippen LogP contribution in [0.3, 0.4) is 0 Å². The van der Waals surface area contributed by atoms with Crippen LogP contribution in [0.2, 0.25) is 0 Å². The Morgan fingerprint density at radius 1 is 1.31 bits per heavy atom. The molecule has 1 aromatic carbocycles. The summed E-state index contributed by atoms with van der Waals surface area (Å²) in [5.41, 5.74) is 4.89. The van der Waals surface area contributed by atoms with Gasteiger partial charge >= 0.3 is 0 Å². The molecule has 0 unspecified atom stereocenters. The summed E-state index contributed by atoms with van der Waals surface area (Å²) in [4.78, 5) is 0. The van der Waals surface area contributed by atoms with Crippen molar-refractivity contribution in [3.63, 3.8) is 0 Å². The van der Waals surface area contributed by atoms with Crippen molar-refractivity contribution in [2.24, 2.45) is 0 Å². The highest BCUT2D eigenvalue weighted by molar-refractivity contribution is 5.71. The maximum atomic E-state index is 9.65. The highest BCUT2D eigenvalue weighted by atomic mass is 16.5. The first kappa shape index (κ1) is 12.5. The van der Waals surface area contributed by atoms with Crippen LogP contribution in [0, 0.1) is 6.92 Å². The van der Waals surface area contributed by atoms with Crippen molar-refractivity contribution in [3.05, 3.63) is 59.9 Å². The molecule has 0 aliphatic rings. The molecular formula is C14H16O2. The lowest BCUT2D eigenvalue weighted by molar-refractivity contribution is -0.0907. The highest BCUT2D eigenvalue weighted by Gasteiger charge is 2.22. The topological polar surface area (TPSA) is 40.5 Å². The van der Waals surface area contributed by atoms with E-state index in [-0.39, 0.29) is 0 Å². The molecule has 0 bridgehead atoms. The molecule has 2 nitrogen and oxygen atoms in total.